The Morgan fingerprint density at radius 1 is 1.06 bits per heavy atom. The molecule has 2 aliphatic rings. The van der Waals surface area contributed by atoms with Gasteiger partial charge in [-0.2, -0.15) is 0 Å². The highest BCUT2D eigenvalue weighted by Crippen LogP contribution is 2.43. The van der Waals surface area contributed by atoms with Crippen LogP contribution in [0.5, 0.6) is 0 Å². The molecule has 0 aliphatic carbocycles. The average Bonchev–Trinajstić information content (AvgIpc) is 2.82. The molecule has 3 heterocycles. The van der Waals surface area contributed by atoms with Gasteiger partial charge in [0.15, 0.2) is 0 Å². The predicted octanol–water partition coefficient (Wildman–Crippen LogP) is 2.80. The Morgan fingerprint density at radius 3 is 2.52 bits per heavy atom. The number of pyridine rings is 1. The molecule has 6 heteroatoms. The Hall–Kier alpha value is -3.51. The molecule has 2 aliphatic heterocycles. The van der Waals surface area contributed by atoms with Gasteiger partial charge < -0.3 is 14.9 Å². The summed E-state index contributed by atoms with van der Waals surface area (Å²) in [7, 11) is 0. The van der Waals surface area contributed by atoms with Crippen LogP contribution in [-0.4, -0.2) is 63.5 Å². The first-order valence-electron chi connectivity index (χ1n) is 11.3. The number of aliphatic hydroxyl groups excluding tert-OH is 1. The SMILES string of the molecule is Cc1ccccc1-c1ccc([C@@H]2[C@H]3CN(C(=O)Cc4ccccn4)CC(=O)N3[C@H]2CO)cc1. The lowest BCUT2D eigenvalue weighted by atomic mass is 9.73. The molecule has 2 aromatic carbocycles. The van der Waals surface area contributed by atoms with E-state index in [4.69, 9.17) is 0 Å². The number of aromatic nitrogens is 1. The molecule has 2 saturated heterocycles. The van der Waals surface area contributed by atoms with Gasteiger partial charge in [0.25, 0.3) is 0 Å². The second-order valence-electron chi connectivity index (χ2n) is 8.85. The molecular weight excluding hydrogens is 414 g/mol. The van der Waals surface area contributed by atoms with E-state index in [9.17, 15) is 14.7 Å². The highest BCUT2D eigenvalue weighted by molar-refractivity contribution is 5.88. The number of amides is 2. The average molecular weight is 442 g/mol. The number of aryl methyl sites for hydroxylation is 1. The lowest BCUT2D eigenvalue weighted by Gasteiger charge is -2.58. The van der Waals surface area contributed by atoms with Crippen LogP contribution in [0.25, 0.3) is 11.1 Å². The van der Waals surface area contributed by atoms with Crippen LogP contribution in [0.3, 0.4) is 0 Å². The number of aliphatic hydroxyl groups is 1. The summed E-state index contributed by atoms with van der Waals surface area (Å²) in [6.07, 6.45) is 1.85. The number of fused-ring (bicyclic) bond motifs is 1. The van der Waals surface area contributed by atoms with E-state index < -0.39 is 0 Å². The molecule has 2 amide bonds. The minimum Gasteiger partial charge on any atom is -0.394 e. The molecule has 0 spiro atoms. The molecule has 168 valence electrons. The van der Waals surface area contributed by atoms with Crippen molar-refractivity contribution >= 4 is 11.8 Å². The van der Waals surface area contributed by atoms with Crippen molar-refractivity contribution in [3.05, 3.63) is 89.7 Å². The maximum atomic E-state index is 12.9. The standard InChI is InChI=1S/C27H27N3O3/c1-18-6-2-3-8-22(18)19-9-11-20(12-10-19)27-23-15-29(16-26(33)30(23)24(27)17-31)25(32)14-21-7-4-5-13-28-21/h2-13,23-24,27,31H,14-17H2,1H3/t23-,24+,27-/m1/s1. The van der Waals surface area contributed by atoms with Gasteiger partial charge in [0.05, 0.1) is 31.7 Å². The van der Waals surface area contributed by atoms with E-state index in [0.717, 1.165) is 11.1 Å². The van der Waals surface area contributed by atoms with Crippen LogP contribution >= 0.6 is 0 Å². The summed E-state index contributed by atoms with van der Waals surface area (Å²) in [5, 5.41) is 10.0. The summed E-state index contributed by atoms with van der Waals surface area (Å²) in [6, 6.07) is 21.8. The minimum atomic E-state index is -0.250. The van der Waals surface area contributed by atoms with E-state index in [-0.39, 0.29) is 49.4 Å². The van der Waals surface area contributed by atoms with Crippen LogP contribution in [0, 0.1) is 6.92 Å². The summed E-state index contributed by atoms with van der Waals surface area (Å²) in [5.41, 5.74) is 5.33. The van der Waals surface area contributed by atoms with Gasteiger partial charge in [0.2, 0.25) is 11.8 Å². The minimum absolute atomic E-state index is 0.00433. The number of nitrogens with zero attached hydrogens (tertiary/aromatic N) is 3. The Labute approximate surface area is 193 Å². The van der Waals surface area contributed by atoms with E-state index in [0.29, 0.717) is 12.2 Å². The summed E-state index contributed by atoms with van der Waals surface area (Å²) >= 11 is 0. The topological polar surface area (TPSA) is 73.7 Å². The molecule has 33 heavy (non-hydrogen) atoms. The number of rotatable bonds is 5. The second-order valence-corrected chi connectivity index (χ2v) is 8.85. The third-order valence-corrected chi connectivity index (χ3v) is 6.92. The van der Waals surface area contributed by atoms with Crippen molar-refractivity contribution in [2.45, 2.75) is 31.3 Å². The molecule has 0 radical (unpaired) electrons. The third kappa shape index (κ3) is 3.91. The van der Waals surface area contributed by atoms with Gasteiger partial charge in [-0.15, -0.1) is 0 Å². The first-order chi connectivity index (χ1) is 16.1. The smallest absolute Gasteiger partial charge is 0.242 e. The maximum absolute atomic E-state index is 12.9. The highest BCUT2D eigenvalue weighted by atomic mass is 16.3. The van der Waals surface area contributed by atoms with Gasteiger partial charge in [-0.3, -0.25) is 14.6 Å². The van der Waals surface area contributed by atoms with Gasteiger partial charge in [0, 0.05) is 24.4 Å². The van der Waals surface area contributed by atoms with Crippen LogP contribution in [0.15, 0.2) is 72.9 Å². The third-order valence-electron chi connectivity index (χ3n) is 6.92. The maximum Gasteiger partial charge on any atom is 0.242 e. The van der Waals surface area contributed by atoms with Gasteiger partial charge in [-0.1, -0.05) is 54.6 Å². The molecule has 3 atom stereocenters. The lowest BCUT2D eigenvalue weighted by Crippen LogP contribution is -2.73. The predicted molar refractivity (Wildman–Crippen MR) is 125 cm³/mol. The zero-order chi connectivity index (χ0) is 22.9. The van der Waals surface area contributed by atoms with Crippen molar-refractivity contribution in [1.82, 2.24) is 14.8 Å². The van der Waals surface area contributed by atoms with E-state index >= 15 is 0 Å². The summed E-state index contributed by atoms with van der Waals surface area (Å²) in [4.78, 5) is 33.4. The molecule has 1 N–H and O–H groups in total. The quantitative estimate of drug-likeness (QED) is 0.661. The van der Waals surface area contributed by atoms with E-state index in [1.54, 1.807) is 16.0 Å². The number of piperazine rings is 1. The summed E-state index contributed by atoms with van der Waals surface area (Å²) < 4.78 is 0. The summed E-state index contributed by atoms with van der Waals surface area (Å²) in [6.45, 7) is 2.53. The fraction of sp³-hybridized carbons (Fsp3) is 0.296. The fourth-order valence-electron chi connectivity index (χ4n) is 5.24. The number of benzene rings is 2. The molecule has 0 unspecified atom stereocenters. The van der Waals surface area contributed by atoms with Gasteiger partial charge in [-0.05, 0) is 41.3 Å². The number of hydrogen-bond donors (Lipinski definition) is 1. The van der Waals surface area contributed by atoms with Crippen LogP contribution in [0.4, 0.5) is 0 Å². The normalized spacial score (nSPS) is 22.0. The first kappa shape index (κ1) is 21.3. The lowest BCUT2D eigenvalue weighted by molar-refractivity contribution is -0.166. The zero-order valence-corrected chi connectivity index (χ0v) is 18.6. The van der Waals surface area contributed by atoms with Crippen molar-refractivity contribution in [3.63, 3.8) is 0 Å². The molecule has 0 saturated carbocycles. The molecule has 3 aromatic rings. The molecule has 1 aromatic heterocycles. The Bertz CT molecular complexity index is 1160. The van der Waals surface area contributed by atoms with Gasteiger partial charge in [-0.25, -0.2) is 0 Å². The molecular formula is C27H27N3O3. The highest BCUT2D eigenvalue weighted by Gasteiger charge is 2.54. The van der Waals surface area contributed by atoms with Crippen LogP contribution < -0.4 is 0 Å². The Morgan fingerprint density at radius 2 is 1.82 bits per heavy atom. The van der Waals surface area contributed by atoms with Crippen LogP contribution in [-0.2, 0) is 16.0 Å². The van der Waals surface area contributed by atoms with E-state index in [2.05, 4.69) is 48.3 Å². The van der Waals surface area contributed by atoms with Gasteiger partial charge in [0.1, 0.15) is 0 Å². The van der Waals surface area contributed by atoms with Crippen molar-refractivity contribution in [2.75, 3.05) is 19.7 Å². The van der Waals surface area contributed by atoms with E-state index in [1.807, 2.05) is 30.3 Å². The zero-order valence-electron chi connectivity index (χ0n) is 18.6. The summed E-state index contributed by atoms with van der Waals surface area (Å²) in [5.74, 6) is -0.203. The Balaban J connectivity index is 1.35. The van der Waals surface area contributed by atoms with Crippen LogP contribution in [0.2, 0.25) is 0 Å². The number of carbonyl (C=O) groups is 2. The second kappa shape index (κ2) is 8.79. The first-order valence-corrected chi connectivity index (χ1v) is 11.3. The largest absolute Gasteiger partial charge is 0.394 e. The molecule has 6 nitrogen and oxygen atoms in total. The van der Waals surface area contributed by atoms with Crippen molar-refractivity contribution < 1.29 is 14.7 Å². The van der Waals surface area contributed by atoms with Gasteiger partial charge >= 0.3 is 0 Å². The molecule has 2 fully saturated rings. The number of hydrogen-bond acceptors (Lipinski definition) is 4. The van der Waals surface area contributed by atoms with Crippen molar-refractivity contribution in [1.29, 1.82) is 0 Å². The van der Waals surface area contributed by atoms with Crippen molar-refractivity contribution in [3.8, 4) is 11.1 Å². The van der Waals surface area contributed by atoms with E-state index in [1.165, 1.54) is 11.1 Å². The fourth-order valence-corrected chi connectivity index (χ4v) is 5.24. The van der Waals surface area contributed by atoms with Crippen molar-refractivity contribution in [2.24, 2.45) is 0 Å². The molecule has 0 bridgehead atoms. The monoisotopic (exact) mass is 441 g/mol. The van der Waals surface area contributed by atoms with Crippen LogP contribution in [0.1, 0.15) is 22.7 Å². The Kier molecular flexibility index (Phi) is 5.68. The molecule has 5 rings (SSSR count). The number of carbonyl (C=O) groups excluding carboxylic acids is 2.